The van der Waals surface area contributed by atoms with Crippen LogP contribution in [0.2, 0.25) is 0 Å². The fourth-order valence-corrected chi connectivity index (χ4v) is 0.958. The van der Waals surface area contributed by atoms with Crippen molar-refractivity contribution in [2.75, 3.05) is 26.4 Å². The minimum absolute atomic E-state index is 0.0566. The van der Waals surface area contributed by atoms with Crippen LogP contribution in [0.15, 0.2) is 0 Å². The average Bonchev–Trinajstić information content (AvgIpc) is 2.16. The van der Waals surface area contributed by atoms with Gasteiger partial charge in [0, 0.05) is 13.2 Å². The number of unbranched alkanes of at least 4 members (excludes halogenated alkanes) is 1. The van der Waals surface area contributed by atoms with E-state index in [0.29, 0.717) is 19.8 Å². The molecule has 0 amide bonds. The number of ether oxygens (including phenoxy) is 3. The van der Waals surface area contributed by atoms with Gasteiger partial charge in [-0.15, -0.1) is 0 Å². The Labute approximate surface area is 86.2 Å². The van der Waals surface area contributed by atoms with Crippen LogP contribution < -0.4 is 0 Å². The van der Waals surface area contributed by atoms with Crippen molar-refractivity contribution in [3.05, 3.63) is 0 Å². The van der Waals surface area contributed by atoms with Crippen LogP contribution in [-0.2, 0) is 14.2 Å². The molecule has 0 saturated carbocycles. The number of aliphatic hydroxyl groups is 1. The van der Waals surface area contributed by atoms with Crippen LogP contribution in [0.5, 0.6) is 0 Å². The van der Waals surface area contributed by atoms with E-state index in [9.17, 15) is 5.11 Å². The zero-order valence-corrected chi connectivity index (χ0v) is 9.41. The van der Waals surface area contributed by atoms with Gasteiger partial charge in [-0.3, -0.25) is 0 Å². The molecule has 1 unspecified atom stereocenters. The molecule has 0 aliphatic carbocycles. The number of rotatable bonds is 9. The summed E-state index contributed by atoms with van der Waals surface area (Å²) in [6.45, 7) is 7.20. The third-order valence-electron chi connectivity index (χ3n) is 1.68. The van der Waals surface area contributed by atoms with Gasteiger partial charge in [-0.05, 0) is 20.3 Å². The highest BCUT2D eigenvalue weighted by molar-refractivity contribution is 4.52. The lowest BCUT2D eigenvalue weighted by atomic mass is 10.4. The Balaban J connectivity index is 3.82. The smallest absolute Gasteiger partial charge is 0.305 e. The van der Waals surface area contributed by atoms with Gasteiger partial charge in [0.25, 0.3) is 0 Å². The van der Waals surface area contributed by atoms with Crippen LogP contribution in [-0.4, -0.2) is 37.5 Å². The second-order valence-electron chi connectivity index (χ2n) is 2.98. The molecule has 1 N–H and O–H groups in total. The molecule has 0 aromatic carbocycles. The van der Waals surface area contributed by atoms with Crippen molar-refractivity contribution in [3.8, 4) is 0 Å². The van der Waals surface area contributed by atoms with Crippen molar-refractivity contribution < 1.29 is 19.3 Å². The van der Waals surface area contributed by atoms with E-state index in [4.69, 9.17) is 14.2 Å². The first-order chi connectivity index (χ1) is 6.68. The van der Waals surface area contributed by atoms with E-state index < -0.39 is 5.97 Å². The van der Waals surface area contributed by atoms with Gasteiger partial charge < -0.3 is 19.3 Å². The molecule has 0 fully saturated rings. The van der Waals surface area contributed by atoms with Crippen LogP contribution in [0.4, 0.5) is 0 Å². The molecule has 86 valence electrons. The lowest BCUT2D eigenvalue weighted by molar-refractivity contribution is -0.374. The Morgan fingerprint density at radius 3 is 2.29 bits per heavy atom. The van der Waals surface area contributed by atoms with Crippen LogP contribution in [0.1, 0.15) is 33.6 Å². The van der Waals surface area contributed by atoms with Gasteiger partial charge >= 0.3 is 5.97 Å². The van der Waals surface area contributed by atoms with E-state index in [2.05, 4.69) is 6.92 Å². The molecule has 0 spiro atoms. The van der Waals surface area contributed by atoms with E-state index >= 15 is 0 Å². The second-order valence-corrected chi connectivity index (χ2v) is 2.98. The van der Waals surface area contributed by atoms with Crippen molar-refractivity contribution in [1.82, 2.24) is 0 Å². The molecule has 0 heterocycles. The minimum atomic E-state index is -1.57. The summed E-state index contributed by atoms with van der Waals surface area (Å²) in [4.78, 5) is 0. The number of hydrogen-bond donors (Lipinski definition) is 1. The summed E-state index contributed by atoms with van der Waals surface area (Å²) in [6, 6.07) is 0. The largest absolute Gasteiger partial charge is 0.373 e. The van der Waals surface area contributed by atoms with E-state index in [0.717, 1.165) is 12.8 Å². The predicted octanol–water partition coefficient (Wildman–Crippen LogP) is 1.52. The highest BCUT2D eigenvalue weighted by atomic mass is 16.8. The summed E-state index contributed by atoms with van der Waals surface area (Å²) in [7, 11) is 0. The van der Waals surface area contributed by atoms with Crippen molar-refractivity contribution >= 4 is 0 Å². The quantitative estimate of drug-likeness (QED) is 0.459. The molecule has 0 radical (unpaired) electrons. The summed E-state index contributed by atoms with van der Waals surface area (Å²) >= 11 is 0. The molecule has 0 aromatic rings. The van der Waals surface area contributed by atoms with Crippen LogP contribution in [0.25, 0.3) is 0 Å². The van der Waals surface area contributed by atoms with E-state index in [1.165, 1.54) is 0 Å². The Morgan fingerprint density at radius 1 is 1.07 bits per heavy atom. The molecule has 0 rings (SSSR count). The molecule has 4 heteroatoms. The predicted molar refractivity (Wildman–Crippen MR) is 53.9 cm³/mol. The zero-order valence-electron chi connectivity index (χ0n) is 9.41. The zero-order chi connectivity index (χ0) is 10.9. The van der Waals surface area contributed by atoms with Gasteiger partial charge in [-0.2, -0.15) is 0 Å². The first-order valence-electron chi connectivity index (χ1n) is 5.26. The molecule has 0 aliphatic rings. The van der Waals surface area contributed by atoms with E-state index in [1.807, 2.05) is 6.92 Å². The molecule has 14 heavy (non-hydrogen) atoms. The topological polar surface area (TPSA) is 47.9 Å². The molecular formula is C10H22O4. The summed E-state index contributed by atoms with van der Waals surface area (Å²) in [5.74, 6) is -1.57. The van der Waals surface area contributed by atoms with Gasteiger partial charge in [-0.25, -0.2) is 0 Å². The fourth-order valence-electron chi connectivity index (χ4n) is 0.958. The molecule has 4 nitrogen and oxygen atoms in total. The van der Waals surface area contributed by atoms with Crippen molar-refractivity contribution in [2.45, 2.75) is 39.6 Å². The molecular weight excluding hydrogens is 184 g/mol. The van der Waals surface area contributed by atoms with Crippen LogP contribution in [0.3, 0.4) is 0 Å². The third kappa shape index (κ3) is 6.32. The minimum Gasteiger partial charge on any atom is -0.373 e. The van der Waals surface area contributed by atoms with Gasteiger partial charge in [0.05, 0.1) is 6.61 Å². The van der Waals surface area contributed by atoms with Crippen molar-refractivity contribution in [1.29, 1.82) is 0 Å². The number of hydrogen-bond acceptors (Lipinski definition) is 4. The van der Waals surface area contributed by atoms with Crippen molar-refractivity contribution in [3.63, 3.8) is 0 Å². The molecule has 0 saturated heterocycles. The molecule has 1 atom stereocenters. The van der Waals surface area contributed by atoms with Crippen molar-refractivity contribution in [2.24, 2.45) is 0 Å². The first kappa shape index (κ1) is 13.8. The van der Waals surface area contributed by atoms with Gasteiger partial charge in [0.15, 0.2) is 0 Å². The third-order valence-corrected chi connectivity index (χ3v) is 1.68. The lowest BCUT2D eigenvalue weighted by Gasteiger charge is -2.26. The normalized spacial score (nSPS) is 15.4. The first-order valence-corrected chi connectivity index (χ1v) is 5.26. The van der Waals surface area contributed by atoms with Crippen LogP contribution in [0, 0.1) is 0 Å². The standard InChI is InChI=1S/C10H22O4/c1-4-7-8-14-10(11,13-6-3)9-12-5-2/h11H,4-9H2,1-3H3. The summed E-state index contributed by atoms with van der Waals surface area (Å²) in [6.07, 6.45) is 1.93. The lowest BCUT2D eigenvalue weighted by Crippen LogP contribution is -2.41. The summed E-state index contributed by atoms with van der Waals surface area (Å²) in [5, 5.41) is 9.80. The molecule has 0 bridgehead atoms. The average molecular weight is 206 g/mol. The fraction of sp³-hybridized carbons (Fsp3) is 1.00. The SMILES string of the molecule is CCCCOC(O)(COCC)OCC. The monoisotopic (exact) mass is 206 g/mol. The maximum Gasteiger partial charge on any atom is 0.305 e. The van der Waals surface area contributed by atoms with Gasteiger partial charge in [0.2, 0.25) is 0 Å². The Kier molecular flexibility index (Phi) is 8.08. The van der Waals surface area contributed by atoms with Gasteiger partial charge in [0.1, 0.15) is 6.61 Å². The second kappa shape index (κ2) is 8.17. The summed E-state index contributed by atoms with van der Waals surface area (Å²) in [5.41, 5.74) is 0. The maximum absolute atomic E-state index is 9.80. The van der Waals surface area contributed by atoms with E-state index in [-0.39, 0.29) is 6.61 Å². The Hall–Kier alpha value is -0.160. The molecule has 0 aliphatic heterocycles. The highest BCUT2D eigenvalue weighted by Crippen LogP contribution is 2.10. The Bertz CT molecular complexity index is 129. The van der Waals surface area contributed by atoms with Crippen LogP contribution >= 0.6 is 0 Å². The van der Waals surface area contributed by atoms with E-state index in [1.54, 1.807) is 6.92 Å². The maximum atomic E-state index is 9.80. The summed E-state index contributed by atoms with van der Waals surface area (Å²) < 4.78 is 15.4. The highest BCUT2D eigenvalue weighted by Gasteiger charge is 2.28. The molecule has 0 aromatic heterocycles. The Morgan fingerprint density at radius 2 is 1.79 bits per heavy atom. The van der Waals surface area contributed by atoms with Gasteiger partial charge in [-0.1, -0.05) is 13.3 Å².